The van der Waals surface area contributed by atoms with E-state index < -0.39 is 23.7 Å². The Hall–Kier alpha value is -5.56. The summed E-state index contributed by atoms with van der Waals surface area (Å²) in [7, 11) is 0. The number of benzene rings is 4. The molecule has 6 nitrogen and oxygen atoms in total. The van der Waals surface area contributed by atoms with E-state index in [0.29, 0.717) is 5.56 Å². The summed E-state index contributed by atoms with van der Waals surface area (Å²) in [6.07, 6.45) is 1.49. The van der Waals surface area contributed by atoms with E-state index in [0.717, 1.165) is 39.2 Å². The summed E-state index contributed by atoms with van der Waals surface area (Å²) >= 11 is 0. The molecule has 1 saturated heterocycles. The van der Waals surface area contributed by atoms with Gasteiger partial charge in [-0.05, 0) is 53.6 Å². The standard InChI is InChI=1S/C33H22FN3O3/c34-25-15-10-18-27(21-25)37-32(39)28(31(38)35-33(37)40)19-24-20-29(22-11-4-1-5-12-22)36(26-16-8-3-9-17-26)30(24)23-13-6-2-7-14-23/h1-21H,(H,35,38,40)/b28-19-. The Labute approximate surface area is 229 Å². The van der Waals surface area contributed by atoms with Crippen LogP contribution in [0.2, 0.25) is 0 Å². The Morgan fingerprint density at radius 2 is 1.25 bits per heavy atom. The zero-order valence-corrected chi connectivity index (χ0v) is 21.1. The lowest BCUT2D eigenvalue weighted by molar-refractivity contribution is -0.122. The fraction of sp³-hybridized carbons (Fsp3) is 0. The van der Waals surface area contributed by atoms with Gasteiger partial charge in [0.05, 0.1) is 17.1 Å². The molecule has 1 aliphatic heterocycles. The van der Waals surface area contributed by atoms with Crippen LogP contribution >= 0.6 is 0 Å². The Bertz CT molecular complexity index is 1780. The molecule has 1 N–H and O–H groups in total. The first-order valence-corrected chi connectivity index (χ1v) is 12.6. The van der Waals surface area contributed by atoms with Gasteiger partial charge in [-0.1, -0.05) is 84.9 Å². The number of urea groups is 1. The van der Waals surface area contributed by atoms with Gasteiger partial charge in [-0.3, -0.25) is 14.9 Å². The van der Waals surface area contributed by atoms with Crippen molar-refractivity contribution < 1.29 is 18.8 Å². The van der Waals surface area contributed by atoms with Gasteiger partial charge in [0.2, 0.25) is 0 Å². The van der Waals surface area contributed by atoms with Crippen molar-refractivity contribution in [2.75, 3.05) is 4.90 Å². The lowest BCUT2D eigenvalue weighted by Gasteiger charge is -2.26. The fourth-order valence-electron chi connectivity index (χ4n) is 4.86. The maximum atomic E-state index is 14.0. The number of rotatable bonds is 5. The highest BCUT2D eigenvalue weighted by molar-refractivity contribution is 6.39. The van der Waals surface area contributed by atoms with Crippen LogP contribution in [0.25, 0.3) is 34.3 Å². The Balaban J connectivity index is 1.59. The van der Waals surface area contributed by atoms with Crippen molar-refractivity contribution in [2.24, 2.45) is 0 Å². The number of hydrogen-bond donors (Lipinski definition) is 1. The van der Waals surface area contributed by atoms with Gasteiger partial charge < -0.3 is 4.57 Å². The van der Waals surface area contributed by atoms with Crippen molar-refractivity contribution in [1.82, 2.24) is 9.88 Å². The minimum atomic E-state index is -0.937. The number of carbonyl (C=O) groups excluding carboxylic acids is 3. The number of nitrogens with zero attached hydrogens (tertiary/aromatic N) is 2. The quantitative estimate of drug-likeness (QED) is 0.206. The highest BCUT2D eigenvalue weighted by Crippen LogP contribution is 2.37. The second-order valence-corrected chi connectivity index (χ2v) is 9.17. The van der Waals surface area contributed by atoms with Crippen LogP contribution in [-0.2, 0) is 9.59 Å². The highest BCUT2D eigenvalue weighted by Gasteiger charge is 2.37. The molecule has 7 heteroatoms. The van der Waals surface area contributed by atoms with Crippen LogP contribution in [0, 0.1) is 5.82 Å². The second kappa shape index (κ2) is 10.3. The molecule has 4 aromatic carbocycles. The van der Waals surface area contributed by atoms with E-state index in [9.17, 15) is 18.8 Å². The SMILES string of the molecule is O=C1NC(=O)N(c2cccc(F)c2)C(=O)/C1=C\c1cc(-c2ccccc2)n(-c2ccccc2)c1-c1ccccc1. The van der Waals surface area contributed by atoms with Gasteiger partial charge in [-0.15, -0.1) is 0 Å². The van der Waals surface area contributed by atoms with Crippen molar-refractivity contribution >= 4 is 29.6 Å². The lowest BCUT2D eigenvalue weighted by Crippen LogP contribution is -2.54. The Morgan fingerprint density at radius 3 is 1.90 bits per heavy atom. The van der Waals surface area contributed by atoms with Gasteiger partial charge >= 0.3 is 6.03 Å². The van der Waals surface area contributed by atoms with Crippen LogP contribution in [0.15, 0.2) is 127 Å². The zero-order valence-electron chi connectivity index (χ0n) is 21.1. The van der Waals surface area contributed by atoms with Crippen LogP contribution in [-0.4, -0.2) is 22.4 Å². The number of imide groups is 2. The molecule has 0 unspecified atom stereocenters. The number of carbonyl (C=O) groups is 3. The molecule has 2 heterocycles. The van der Waals surface area contributed by atoms with E-state index in [1.54, 1.807) is 0 Å². The van der Waals surface area contributed by atoms with Crippen molar-refractivity contribution in [1.29, 1.82) is 0 Å². The summed E-state index contributed by atoms with van der Waals surface area (Å²) in [5.74, 6) is -2.28. The number of amides is 4. The summed E-state index contributed by atoms with van der Waals surface area (Å²) in [6, 6.07) is 35.3. The van der Waals surface area contributed by atoms with E-state index in [4.69, 9.17) is 0 Å². The molecule has 194 valence electrons. The highest BCUT2D eigenvalue weighted by atomic mass is 19.1. The predicted molar refractivity (Wildman–Crippen MR) is 152 cm³/mol. The van der Waals surface area contributed by atoms with Gasteiger partial charge in [0.25, 0.3) is 11.8 Å². The summed E-state index contributed by atoms with van der Waals surface area (Å²) in [4.78, 5) is 40.0. The third kappa shape index (κ3) is 4.50. The van der Waals surface area contributed by atoms with E-state index >= 15 is 0 Å². The lowest BCUT2D eigenvalue weighted by atomic mass is 10.0. The van der Waals surface area contributed by atoms with Crippen LogP contribution in [0.3, 0.4) is 0 Å². The normalized spacial score (nSPS) is 14.5. The van der Waals surface area contributed by atoms with Crippen molar-refractivity contribution in [2.45, 2.75) is 0 Å². The van der Waals surface area contributed by atoms with Crippen molar-refractivity contribution in [3.05, 3.63) is 138 Å². The largest absolute Gasteiger partial charge is 0.335 e. The number of anilines is 1. The summed E-state index contributed by atoms with van der Waals surface area (Å²) in [6.45, 7) is 0. The topological polar surface area (TPSA) is 71.4 Å². The maximum absolute atomic E-state index is 14.0. The van der Waals surface area contributed by atoms with Gasteiger partial charge in [-0.25, -0.2) is 14.1 Å². The molecule has 0 aliphatic carbocycles. The van der Waals surface area contributed by atoms with Crippen LogP contribution in [0.4, 0.5) is 14.9 Å². The molecule has 4 amide bonds. The first-order valence-electron chi connectivity index (χ1n) is 12.6. The Morgan fingerprint density at radius 1 is 0.650 bits per heavy atom. The summed E-state index contributed by atoms with van der Waals surface area (Å²) in [5, 5.41) is 2.22. The first kappa shape index (κ1) is 24.8. The van der Waals surface area contributed by atoms with Crippen LogP contribution in [0.1, 0.15) is 5.56 Å². The third-order valence-corrected chi connectivity index (χ3v) is 6.63. The molecule has 6 rings (SSSR count). The fourth-order valence-corrected chi connectivity index (χ4v) is 4.86. The molecule has 1 fully saturated rings. The molecule has 40 heavy (non-hydrogen) atoms. The van der Waals surface area contributed by atoms with E-state index in [-0.39, 0.29) is 11.3 Å². The summed E-state index contributed by atoms with van der Waals surface area (Å²) < 4.78 is 16.0. The zero-order chi connectivity index (χ0) is 27.6. The number of para-hydroxylation sites is 1. The van der Waals surface area contributed by atoms with Crippen LogP contribution in [0.5, 0.6) is 0 Å². The van der Waals surface area contributed by atoms with Gasteiger partial charge in [0.15, 0.2) is 0 Å². The number of halogens is 1. The molecule has 5 aromatic rings. The van der Waals surface area contributed by atoms with Crippen LogP contribution < -0.4 is 10.2 Å². The third-order valence-electron chi connectivity index (χ3n) is 6.63. The van der Waals surface area contributed by atoms with Gasteiger partial charge in [-0.2, -0.15) is 0 Å². The van der Waals surface area contributed by atoms with Crippen molar-refractivity contribution in [3.63, 3.8) is 0 Å². The first-order chi connectivity index (χ1) is 19.5. The van der Waals surface area contributed by atoms with E-state index in [1.165, 1.54) is 24.3 Å². The smallest absolute Gasteiger partial charge is 0.309 e. The minimum absolute atomic E-state index is 0.0241. The minimum Gasteiger partial charge on any atom is -0.309 e. The molecular weight excluding hydrogens is 505 g/mol. The van der Waals surface area contributed by atoms with E-state index in [2.05, 4.69) is 9.88 Å². The van der Waals surface area contributed by atoms with E-state index in [1.807, 2.05) is 97.1 Å². The van der Waals surface area contributed by atoms with Crippen molar-refractivity contribution in [3.8, 4) is 28.2 Å². The summed E-state index contributed by atoms with van der Waals surface area (Å²) in [5.41, 5.74) is 4.67. The molecule has 0 bridgehead atoms. The molecule has 0 spiro atoms. The maximum Gasteiger partial charge on any atom is 0.335 e. The number of barbiturate groups is 1. The molecule has 0 atom stereocenters. The number of aromatic nitrogens is 1. The molecule has 0 radical (unpaired) electrons. The molecule has 0 saturated carbocycles. The predicted octanol–water partition coefficient (Wildman–Crippen LogP) is 6.62. The molecule has 1 aromatic heterocycles. The average molecular weight is 528 g/mol. The average Bonchev–Trinajstić information content (AvgIpc) is 3.36. The molecular formula is C33H22FN3O3. The monoisotopic (exact) mass is 527 g/mol. The van der Waals surface area contributed by atoms with Gasteiger partial charge in [0, 0.05) is 11.3 Å². The Kier molecular flexibility index (Phi) is 6.38. The molecule has 1 aliphatic rings. The van der Waals surface area contributed by atoms with Gasteiger partial charge in [0.1, 0.15) is 11.4 Å². The second-order valence-electron chi connectivity index (χ2n) is 9.17. The number of hydrogen-bond acceptors (Lipinski definition) is 3. The number of nitrogens with one attached hydrogen (secondary N) is 1.